The minimum atomic E-state index is 0.230. The van der Waals surface area contributed by atoms with Crippen molar-refractivity contribution < 1.29 is 4.79 Å². The zero-order chi connectivity index (χ0) is 15.7. The van der Waals surface area contributed by atoms with Crippen molar-refractivity contribution in [2.24, 2.45) is 29.1 Å². The Balaban J connectivity index is 1.84. The molecule has 3 nitrogen and oxygen atoms in total. The van der Waals surface area contributed by atoms with Crippen LogP contribution in [0.15, 0.2) is 12.2 Å². The van der Waals surface area contributed by atoms with Crippen molar-refractivity contribution in [1.82, 2.24) is 5.32 Å². The topological polar surface area (TPSA) is 52.9 Å². The highest BCUT2D eigenvalue weighted by atomic mass is 16.1. The van der Waals surface area contributed by atoms with Crippen LogP contribution in [-0.4, -0.2) is 12.5 Å². The molecule has 1 amide bonds. The first kappa shape index (κ1) is 15.6. The van der Waals surface area contributed by atoms with E-state index in [1.807, 2.05) is 0 Å². The third-order valence-corrected chi connectivity index (χ3v) is 6.97. The summed E-state index contributed by atoms with van der Waals surface area (Å²) in [5.41, 5.74) is 1.66. The second kappa shape index (κ2) is 6.07. The number of hydrogen-bond donors (Lipinski definition) is 1. The number of hydrogen-bond acceptors (Lipinski definition) is 2. The number of carbonyl (C=O) groups excluding carboxylic acids is 1. The van der Waals surface area contributed by atoms with Gasteiger partial charge in [0.05, 0.1) is 6.07 Å². The van der Waals surface area contributed by atoms with Gasteiger partial charge in [0.25, 0.3) is 0 Å². The fourth-order valence-corrected chi connectivity index (χ4v) is 5.64. The van der Waals surface area contributed by atoms with Gasteiger partial charge < -0.3 is 5.32 Å². The number of nitrogens with zero attached hydrogens (tertiary/aromatic N) is 1. The first-order valence-corrected chi connectivity index (χ1v) is 8.87. The van der Waals surface area contributed by atoms with Gasteiger partial charge in [0.2, 0.25) is 5.91 Å². The fraction of sp³-hybridized carbons (Fsp3) is 0.789. The maximum Gasteiger partial charge on any atom is 0.220 e. The van der Waals surface area contributed by atoms with Gasteiger partial charge in [-0.3, -0.25) is 4.79 Å². The molecule has 22 heavy (non-hydrogen) atoms. The Bertz CT molecular complexity index is 506. The molecule has 0 radical (unpaired) electrons. The first-order chi connectivity index (χ1) is 10.6. The van der Waals surface area contributed by atoms with Crippen molar-refractivity contribution in [2.75, 3.05) is 6.54 Å². The minimum Gasteiger partial charge on any atom is -0.356 e. The predicted molar refractivity (Wildman–Crippen MR) is 86.8 cm³/mol. The second-order valence-corrected chi connectivity index (χ2v) is 7.85. The average Bonchev–Trinajstić information content (AvgIpc) is 2.65. The molecule has 1 N–H and O–H groups in total. The highest BCUT2D eigenvalue weighted by Gasteiger charge is 2.52. The molecule has 0 aromatic rings. The van der Waals surface area contributed by atoms with E-state index in [1.54, 1.807) is 0 Å². The molecule has 0 aromatic carbocycles. The standard InChI is InChI=1S/C19H28N2O/c1-13-5-8-17-16(15(13)4-3-11-20)7-6-14-12-21-18(22)9-10-19(14,17)2/h14-17H,1,3-10,12H2,2H3,(H,21,22)/t14-,15+,16-,17-,19-/m0/s1. The Morgan fingerprint density at radius 3 is 2.95 bits per heavy atom. The zero-order valence-electron chi connectivity index (χ0n) is 13.7. The number of carbonyl (C=O) groups is 1. The van der Waals surface area contributed by atoms with Crippen molar-refractivity contribution in [3.05, 3.63) is 12.2 Å². The number of amides is 1. The van der Waals surface area contributed by atoms with Gasteiger partial charge in [-0.25, -0.2) is 0 Å². The largest absolute Gasteiger partial charge is 0.356 e. The molecular weight excluding hydrogens is 272 g/mol. The zero-order valence-corrected chi connectivity index (χ0v) is 13.7. The molecule has 0 spiro atoms. The molecule has 3 aliphatic rings. The third-order valence-electron chi connectivity index (χ3n) is 6.97. The lowest BCUT2D eigenvalue weighted by Gasteiger charge is -2.55. The summed E-state index contributed by atoms with van der Waals surface area (Å²) in [6.45, 7) is 7.62. The van der Waals surface area contributed by atoms with Gasteiger partial charge in [-0.1, -0.05) is 19.1 Å². The van der Waals surface area contributed by atoms with Crippen molar-refractivity contribution in [2.45, 2.75) is 58.3 Å². The summed E-state index contributed by atoms with van der Waals surface area (Å²) in [5, 5.41) is 12.1. The van der Waals surface area contributed by atoms with E-state index in [1.165, 1.54) is 24.8 Å². The van der Waals surface area contributed by atoms with Crippen LogP contribution in [0.2, 0.25) is 0 Å². The summed E-state index contributed by atoms with van der Waals surface area (Å²) in [6.07, 6.45) is 8.14. The molecule has 1 aliphatic heterocycles. The van der Waals surface area contributed by atoms with E-state index in [2.05, 4.69) is 24.9 Å². The number of nitriles is 1. The van der Waals surface area contributed by atoms with Crippen LogP contribution < -0.4 is 5.32 Å². The van der Waals surface area contributed by atoms with Gasteiger partial charge in [-0.15, -0.1) is 0 Å². The molecule has 0 bridgehead atoms. The maximum atomic E-state index is 11.8. The quantitative estimate of drug-likeness (QED) is 0.788. The van der Waals surface area contributed by atoms with Gasteiger partial charge in [-0.05, 0) is 67.6 Å². The SMILES string of the molecule is C=C1CC[C@H]2[C@@H](CC[C@H]3CNC(=O)CC[C@@]32C)[C@@H]1CCC#N. The molecule has 3 heteroatoms. The summed E-state index contributed by atoms with van der Waals surface area (Å²) in [7, 11) is 0. The Hall–Kier alpha value is -1.30. The monoisotopic (exact) mass is 300 g/mol. The Morgan fingerprint density at radius 1 is 1.36 bits per heavy atom. The van der Waals surface area contributed by atoms with Crippen molar-refractivity contribution in [3.8, 4) is 6.07 Å². The molecule has 2 saturated carbocycles. The first-order valence-electron chi connectivity index (χ1n) is 8.87. The highest BCUT2D eigenvalue weighted by molar-refractivity contribution is 5.76. The van der Waals surface area contributed by atoms with Gasteiger partial charge in [0, 0.05) is 19.4 Å². The average molecular weight is 300 g/mol. The molecule has 5 atom stereocenters. The summed E-state index contributed by atoms with van der Waals surface area (Å²) in [5.74, 6) is 2.77. The van der Waals surface area contributed by atoms with Gasteiger partial charge in [-0.2, -0.15) is 5.26 Å². The molecule has 3 fully saturated rings. The smallest absolute Gasteiger partial charge is 0.220 e. The van der Waals surface area contributed by atoms with Gasteiger partial charge in [0.15, 0.2) is 0 Å². The van der Waals surface area contributed by atoms with Crippen LogP contribution in [0.3, 0.4) is 0 Å². The van der Waals surface area contributed by atoms with E-state index >= 15 is 0 Å². The van der Waals surface area contributed by atoms with Crippen molar-refractivity contribution >= 4 is 5.91 Å². The minimum absolute atomic E-state index is 0.230. The molecule has 0 unspecified atom stereocenters. The van der Waals surface area contributed by atoms with Crippen molar-refractivity contribution in [3.63, 3.8) is 0 Å². The summed E-state index contributed by atoms with van der Waals surface area (Å²) in [6, 6.07) is 2.32. The van der Waals surface area contributed by atoms with E-state index in [0.717, 1.165) is 25.8 Å². The Labute approximate surface area is 134 Å². The number of fused-ring (bicyclic) bond motifs is 3. The maximum absolute atomic E-state index is 11.8. The van der Waals surface area contributed by atoms with Crippen LogP contribution in [0.1, 0.15) is 58.3 Å². The van der Waals surface area contributed by atoms with E-state index in [0.29, 0.717) is 36.5 Å². The lowest BCUT2D eigenvalue weighted by molar-refractivity contribution is -0.121. The van der Waals surface area contributed by atoms with E-state index < -0.39 is 0 Å². The lowest BCUT2D eigenvalue weighted by Crippen LogP contribution is -2.49. The van der Waals surface area contributed by atoms with E-state index in [-0.39, 0.29) is 11.3 Å². The summed E-state index contributed by atoms with van der Waals surface area (Å²) in [4.78, 5) is 11.8. The molecule has 3 rings (SSSR count). The lowest BCUT2D eigenvalue weighted by atomic mass is 9.49. The summed E-state index contributed by atoms with van der Waals surface area (Å²) < 4.78 is 0. The number of nitrogens with one attached hydrogen (secondary N) is 1. The van der Waals surface area contributed by atoms with Gasteiger partial charge >= 0.3 is 0 Å². The van der Waals surface area contributed by atoms with Gasteiger partial charge in [0.1, 0.15) is 0 Å². The predicted octanol–water partition coefficient (Wildman–Crippen LogP) is 3.82. The molecule has 1 heterocycles. The Kier molecular flexibility index (Phi) is 4.30. The fourth-order valence-electron chi connectivity index (χ4n) is 5.64. The van der Waals surface area contributed by atoms with Crippen molar-refractivity contribution in [1.29, 1.82) is 5.26 Å². The van der Waals surface area contributed by atoms with Crippen LogP contribution in [-0.2, 0) is 4.79 Å². The van der Waals surface area contributed by atoms with Crippen LogP contribution in [0.25, 0.3) is 0 Å². The van der Waals surface area contributed by atoms with E-state index in [4.69, 9.17) is 5.26 Å². The molecule has 120 valence electrons. The molecular formula is C19H28N2O. The highest BCUT2D eigenvalue weighted by Crippen LogP contribution is 2.58. The number of allylic oxidation sites excluding steroid dienone is 1. The van der Waals surface area contributed by atoms with Crippen LogP contribution >= 0.6 is 0 Å². The normalized spacial score (nSPS) is 41.6. The molecule has 1 saturated heterocycles. The second-order valence-electron chi connectivity index (χ2n) is 7.85. The van der Waals surface area contributed by atoms with Crippen LogP contribution in [0.4, 0.5) is 0 Å². The molecule has 0 aromatic heterocycles. The van der Waals surface area contributed by atoms with Crippen LogP contribution in [0, 0.1) is 40.4 Å². The Morgan fingerprint density at radius 2 is 2.18 bits per heavy atom. The number of rotatable bonds is 2. The van der Waals surface area contributed by atoms with E-state index in [9.17, 15) is 4.79 Å². The summed E-state index contributed by atoms with van der Waals surface area (Å²) >= 11 is 0. The third kappa shape index (κ3) is 2.57. The van der Waals surface area contributed by atoms with Crippen LogP contribution in [0.5, 0.6) is 0 Å². The molecule has 2 aliphatic carbocycles.